The number of hydrogen-bond acceptors (Lipinski definition) is 3. The number of hydrogen-bond donors (Lipinski definition) is 0. The summed E-state index contributed by atoms with van der Waals surface area (Å²) in [5.74, 6) is 1.41. The summed E-state index contributed by atoms with van der Waals surface area (Å²) in [7, 11) is 1.69. The van der Waals surface area contributed by atoms with Crippen LogP contribution in [0.2, 0.25) is 0 Å². The fraction of sp³-hybridized carbons (Fsp3) is 0.500. The van der Waals surface area contributed by atoms with Gasteiger partial charge >= 0.3 is 0 Å². The predicted octanol–water partition coefficient (Wildman–Crippen LogP) is 2.15. The largest absolute Gasteiger partial charge is 0.493 e. The van der Waals surface area contributed by atoms with Crippen LogP contribution in [0, 0.1) is 0 Å². The van der Waals surface area contributed by atoms with Gasteiger partial charge in [-0.1, -0.05) is 6.92 Å². The van der Waals surface area contributed by atoms with E-state index in [0.717, 1.165) is 24.5 Å². The quantitative estimate of drug-likeness (QED) is 0.830. The first-order valence-corrected chi connectivity index (χ1v) is 6.55. The van der Waals surface area contributed by atoms with E-state index in [0.29, 0.717) is 5.92 Å². The SMILES string of the molecule is CCN1CCC(c2cn3cccc(OC)c3n2)C1. The molecule has 4 heteroatoms. The second kappa shape index (κ2) is 4.61. The summed E-state index contributed by atoms with van der Waals surface area (Å²) in [5, 5.41) is 0. The molecule has 3 rings (SSSR count). The lowest BCUT2D eigenvalue weighted by Crippen LogP contribution is -2.19. The lowest BCUT2D eigenvalue weighted by molar-refractivity contribution is 0.353. The second-order valence-electron chi connectivity index (χ2n) is 4.85. The van der Waals surface area contributed by atoms with Crippen LogP contribution < -0.4 is 4.74 Å². The van der Waals surface area contributed by atoms with E-state index in [4.69, 9.17) is 9.72 Å². The van der Waals surface area contributed by atoms with Crippen LogP contribution in [0.25, 0.3) is 5.65 Å². The van der Waals surface area contributed by atoms with E-state index in [1.165, 1.54) is 18.7 Å². The molecular formula is C14H19N3O. The van der Waals surface area contributed by atoms with Crippen molar-refractivity contribution in [3.8, 4) is 5.75 Å². The number of methoxy groups -OCH3 is 1. The van der Waals surface area contributed by atoms with Gasteiger partial charge in [0.1, 0.15) is 0 Å². The van der Waals surface area contributed by atoms with E-state index >= 15 is 0 Å². The Bertz CT molecular complexity index is 549. The molecule has 0 bridgehead atoms. The molecule has 0 radical (unpaired) electrons. The topological polar surface area (TPSA) is 29.8 Å². The zero-order valence-corrected chi connectivity index (χ0v) is 11.0. The van der Waals surface area contributed by atoms with Gasteiger partial charge in [-0.2, -0.15) is 0 Å². The van der Waals surface area contributed by atoms with Crippen molar-refractivity contribution in [1.29, 1.82) is 0 Å². The first-order valence-electron chi connectivity index (χ1n) is 6.55. The molecule has 4 nitrogen and oxygen atoms in total. The second-order valence-corrected chi connectivity index (χ2v) is 4.85. The van der Waals surface area contributed by atoms with Crippen LogP contribution in [0.3, 0.4) is 0 Å². The minimum Gasteiger partial charge on any atom is -0.493 e. The number of rotatable bonds is 3. The Morgan fingerprint density at radius 1 is 1.50 bits per heavy atom. The Labute approximate surface area is 107 Å². The van der Waals surface area contributed by atoms with Gasteiger partial charge in [0.25, 0.3) is 0 Å². The Morgan fingerprint density at radius 2 is 2.39 bits per heavy atom. The molecule has 2 aromatic rings. The van der Waals surface area contributed by atoms with Crippen LogP contribution in [0.4, 0.5) is 0 Å². The fourth-order valence-corrected chi connectivity index (χ4v) is 2.72. The van der Waals surface area contributed by atoms with Crippen LogP contribution in [-0.2, 0) is 0 Å². The summed E-state index contributed by atoms with van der Waals surface area (Å²) in [6, 6.07) is 3.95. The molecule has 0 spiro atoms. The number of nitrogens with zero attached hydrogens (tertiary/aromatic N) is 3. The van der Waals surface area contributed by atoms with E-state index in [2.05, 4.69) is 22.4 Å². The minimum absolute atomic E-state index is 0.564. The van der Waals surface area contributed by atoms with Gasteiger partial charge in [-0.3, -0.25) is 0 Å². The van der Waals surface area contributed by atoms with E-state index in [1.807, 2.05) is 18.3 Å². The smallest absolute Gasteiger partial charge is 0.179 e. The van der Waals surface area contributed by atoms with Crippen molar-refractivity contribution in [2.24, 2.45) is 0 Å². The number of pyridine rings is 1. The molecule has 1 fully saturated rings. The molecule has 1 saturated heterocycles. The van der Waals surface area contributed by atoms with Gasteiger partial charge in [-0.15, -0.1) is 0 Å². The number of likely N-dealkylation sites (tertiary alicyclic amines) is 1. The summed E-state index contributed by atoms with van der Waals surface area (Å²) >= 11 is 0. The molecule has 0 aliphatic carbocycles. The highest BCUT2D eigenvalue weighted by Gasteiger charge is 2.25. The van der Waals surface area contributed by atoms with Gasteiger partial charge < -0.3 is 14.0 Å². The fourth-order valence-electron chi connectivity index (χ4n) is 2.72. The van der Waals surface area contributed by atoms with Gasteiger partial charge in [0.15, 0.2) is 11.4 Å². The van der Waals surface area contributed by atoms with Crippen molar-refractivity contribution in [3.63, 3.8) is 0 Å². The summed E-state index contributed by atoms with van der Waals surface area (Å²) in [5.41, 5.74) is 2.11. The number of aromatic nitrogens is 2. The van der Waals surface area contributed by atoms with Crippen molar-refractivity contribution >= 4 is 5.65 Å². The molecule has 0 aromatic carbocycles. The Morgan fingerprint density at radius 3 is 3.11 bits per heavy atom. The Kier molecular flexibility index (Phi) is 2.96. The summed E-state index contributed by atoms with van der Waals surface area (Å²) in [6.45, 7) is 5.66. The highest BCUT2D eigenvalue weighted by atomic mass is 16.5. The number of ether oxygens (including phenoxy) is 1. The Hall–Kier alpha value is -1.55. The zero-order chi connectivity index (χ0) is 12.5. The molecule has 2 aromatic heterocycles. The molecular weight excluding hydrogens is 226 g/mol. The highest BCUT2D eigenvalue weighted by molar-refractivity contribution is 5.54. The molecule has 0 N–H and O–H groups in total. The Balaban J connectivity index is 1.94. The lowest BCUT2D eigenvalue weighted by Gasteiger charge is -2.11. The van der Waals surface area contributed by atoms with Crippen molar-refractivity contribution in [2.45, 2.75) is 19.3 Å². The maximum absolute atomic E-state index is 5.35. The van der Waals surface area contributed by atoms with Crippen LogP contribution in [-0.4, -0.2) is 41.0 Å². The molecule has 1 atom stereocenters. The third-order valence-electron chi connectivity index (χ3n) is 3.82. The highest BCUT2D eigenvalue weighted by Crippen LogP contribution is 2.28. The first-order chi connectivity index (χ1) is 8.81. The van der Waals surface area contributed by atoms with Crippen molar-refractivity contribution < 1.29 is 4.74 Å². The van der Waals surface area contributed by atoms with Gasteiger partial charge in [0.2, 0.25) is 0 Å². The zero-order valence-electron chi connectivity index (χ0n) is 11.0. The van der Waals surface area contributed by atoms with Gasteiger partial charge in [0, 0.05) is 24.9 Å². The predicted molar refractivity (Wildman–Crippen MR) is 71.2 cm³/mol. The van der Waals surface area contributed by atoms with E-state index in [-0.39, 0.29) is 0 Å². The van der Waals surface area contributed by atoms with E-state index in [9.17, 15) is 0 Å². The normalized spacial score (nSPS) is 20.7. The van der Waals surface area contributed by atoms with Crippen molar-refractivity contribution in [1.82, 2.24) is 14.3 Å². The van der Waals surface area contributed by atoms with Crippen LogP contribution in [0.15, 0.2) is 24.5 Å². The van der Waals surface area contributed by atoms with Crippen LogP contribution in [0.5, 0.6) is 5.75 Å². The summed E-state index contributed by atoms with van der Waals surface area (Å²) in [6.07, 6.45) is 5.38. The van der Waals surface area contributed by atoms with Crippen molar-refractivity contribution in [3.05, 3.63) is 30.2 Å². The molecule has 3 heterocycles. The molecule has 1 aliphatic rings. The van der Waals surface area contributed by atoms with Gasteiger partial charge in [-0.25, -0.2) is 4.98 Å². The maximum Gasteiger partial charge on any atom is 0.179 e. The standard InChI is InChI=1S/C14H19N3O/c1-3-16-8-6-11(9-16)12-10-17-7-4-5-13(18-2)14(17)15-12/h4-5,7,10-11H,3,6,8-9H2,1-2H3. The van der Waals surface area contributed by atoms with Crippen LogP contribution >= 0.6 is 0 Å². The molecule has 1 aliphatic heterocycles. The maximum atomic E-state index is 5.35. The molecule has 0 saturated carbocycles. The van der Waals surface area contributed by atoms with Crippen molar-refractivity contribution in [2.75, 3.05) is 26.7 Å². The monoisotopic (exact) mass is 245 g/mol. The summed E-state index contributed by atoms with van der Waals surface area (Å²) in [4.78, 5) is 7.22. The molecule has 1 unspecified atom stereocenters. The van der Waals surface area contributed by atoms with E-state index < -0.39 is 0 Å². The van der Waals surface area contributed by atoms with E-state index in [1.54, 1.807) is 7.11 Å². The van der Waals surface area contributed by atoms with Crippen LogP contribution in [0.1, 0.15) is 25.0 Å². The average molecular weight is 245 g/mol. The first kappa shape index (κ1) is 11.5. The summed E-state index contributed by atoms with van der Waals surface area (Å²) < 4.78 is 7.41. The number of fused-ring (bicyclic) bond motifs is 1. The number of imidazole rings is 1. The molecule has 0 amide bonds. The average Bonchev–Trinajstić information content (AvgIpc) is 3.03. The molecule has 96 valence electrons. The van der Waals surface area contributed by atoms with Gasteiger partial charge in [0.05, 0.1) is 12.8 Å². The number of likely N-dealkylation sites (N-methyl/N-ethyl adjacent to an activating group) is 1. The third-order valence-corrected chi connectivity index (χ3v) is 3.82. The van der Waals surface area contributed by atoms with Gasteiger partial charge in [-0.05, 0) is 31.6 Å². The molecule has 18 heavy (non-hydrogen) atoms. The third kappa shape index (κ3) is 1.86. The lowest BCUT2D eigenvalue weighted by atomic mass is 10.1. The minimum atomic E-state index is 0.564.